The molecule has 1 saturated heterocycles. The van der Waals surface area contributed by atoms with Crippen LogP contribution >= 0.6 is 0 Å². The predicted molar refractivity (Wildman–Crippen MR) is 102 cm³/mol. The summed E-state index contributed by atoms with van der Waals surface area (Å²) >= 11 is 0. The van der Waals surface area contributed by atoms with E-state index in [4.69, 9.17) is 9.84 Å². The molecular weight excluding hydrogens is 381 g/mol. The van der Waals surface area contributed by atoms with E-state index in [1.165, 1.54) is 17.9 Å². The van der Waals surface area contributed by atoms with Crippen molar-refractivity contribution in [2.24, 2.45) is 0 Å². The van der Waals surface area contributed by atoms with Gasteiger partial charge < -0.3 is 20.1 Å². The van der Waals surface area contributed by atoms with Crippen molar-refractivity contribution < 1.29 is 23.8 Å². The maximum Gasteiger partial charge on any atom is 0.414 e. The molecule has 2 amide bonds. The highest BCUT2D eigenvalue weighted by Gasteiger charge is 2.33. The molecular formula is C19H22FN5O4. The second-order valence-corrected chi connectivity index (χ2v) is 7.11. The van der Waals surface area contributed by atoms with E-state index in [0.29, 0.717) is 31.0 Å². The van der Waals surface area contributed by atoms with E-state index >= 15 is 0 Å². The smallest absolute Gasteiger partial charge is 0.414 e. The molecule has 1 atom stereocenters. The normalized spacial score (nSPS) is 18.2. The molecule has 0 saturated carbocycles. The summed E-state index contributed by atoms with van der Waals surface area (Å²) in [7, 11) is 0. The van der Waals surface area contributed by atoms with Gasteiger partial charge in [0.25, 0.3) is 0 Å². The molecule has 0 spiro atoms. The first-order valence-electron chi connectivity index (χ1n) is 9.37. The first-order chi connectivity index (χ1) is 14.0. The fourth-order valence-electron chi connectivity index (χ4n) is 3.68. The van der Waals surface area contributed by atoms with Gasteiger partial charge in [0, 0.05) is 19.0 Å². The number of aliphatic hydroxyl groups excluding tert-OH is 1. The molecule has 2 N–H and O–H groups in total. The molecule has 154 valence electrons. The van der Waals surface area contributed by atoms with E-state index in [0.717, 1.165) is 11.3 Å². The Morgan fingerprint density at radius 1 is 1.41 bits per heavy atom. The van der Waals surface area contributed by atoms with Gasteiger partial charge in [0.2, 0.25) is 5.91 Å². The number of benzene rings is 1. The van der Waals surface area contributed by atoms with Crippen molar-refractivity contribution in [1.29, 1.82) is 0 Å². The number of nitrogens with one attached hydrogen (secondary N) is 1. The minimum absolute atomic E-state index is 0.00789. The molecule has 9 nitrogen and oxygen atoms in total. The Bertz CT molecular complexity index is 947. The number of nitrogens with zero attached hydrogens (tertiary/aromatic N) is 4. The minimum Gasteiger partial charge on any atom is -0.442 e. The quantitative estimate of drug-likeness (QED) is 0.746. The number of halogens is 1. The maximum atomic E-state index is 14.9. The van der Waals surface area contributed by atoms with E-state index in [1.807, 2.05) is 4.90 Å². The first-order valence-corrected chi connectivity index (χ1v) is 9.37. The molecule has 1 aromatic carbocycles. The topological polar surface area (TPSA) is 99.9 Å². The van der Waals surface area contributed by atoms with Crippen LogP contribution in [0.15, 0.2) is 24.4 Å². The highest BCUT2D eigenvalue weighted by molar-refractivity contribution is 5.90. The summed E-state index contributed by atoms with van der Waals surface area (Å²) in [5.74, 6) is -0.643. The molecule has 0 bridgehead atoms. The lowest BCUT2D eigenvalue weighted by atomic mass is 10.2. The van der Waals surface area contributed by atoms with Crippen LogP contribution in [0.2, 0.25) is 0 Å². The third-order valence-corrected chi connectivity index (χ3v) is 5.09. The fraction of sp³-hybridized carbons (Fsp3) is 0.421. The number of amides is 2. The zero-order valence-electron chi connectivity index (χ0n) is 16.0. The predicted octanol–water partition coefficient (Wildman–Crippen LogP) is 0.996. The van der Waals surface area contributed by atoms with E-state index in [9.17, 15) is 14.0 Å². The van der Waals surface area contributed by atoms with Crippen LogP contribution < -0.4 is 15.1 Å². The summed E-state index contributed by atoms with van der Waals surface area (Å²) in [5, 5.41) is 16.0. The number of anilines is 2. The Hall–Kier alpha value is -3.14. The molecule has 2 aliphatic heterocycles. The van der Waals surface area contributed by atoms with Crippen molar-refractivity contribution in [3.8, 4) is 0 Å². The van der Waals surface area contributed by atoms with Gasteiger partial charge in [-0.1, -0.05) is 0 Å². The summed E-state index contributed by atoms with van der Waals surface area (Å²) in [6, 6.07) is 4.65. The average Bonchev–Trinajstić information content (AvgIpc) is 3.35. The van der Waals surface area contributed by atoms with Gasteiger partial charge in [0.15, 0.2) is 0 Å². The lowest BCUT2D eigenvalue weighted by Gasteiger charge is -2.21. The van der Waals surface area contributed by atoms with Crippen molar-refractivity contribution in [3.05, 3.63) is 41.5 Å². The molecule has 4 rings (SSSR count). The van der Waals surface area contributed by atoms with Gasteiger partial charge in [-0.15, -0.1) is 0 Å². The van der Waals surface area contributed by atoms with Gasteiger partial charge >= 0.3 is 6.09 Å². The number of rotatable bonds is 6. The molecule has 10 heteroatoms. The summed E-state index contributed by atoms with van der Waals surface area (Å²) in [6.45, 7) is 3.27. The number of aliphatic hydroxyl groups is 1. The zero-order chi connectivity index (χ0) is 20.5. The Morgan fingerprint density at radius 3 is 2.97 bits per heavy atom. The molecule has 1 aromatic heterocycles. The summed E-state index contributed by atoms with van der Waals surface area (Å²) < 4.78 is 21.8. The van der Waals surface area contributed by atoms with Gasteiger partial charge in [0.05, 0.1) is 56.1 Å². The van der Waals surface area contributed by atoms with Gasteiger partial charge in [-0.25, -0.2) is 9.18 Å². The Morgan fingerprint density at radius 2 is 2.24 bits per heavy atom. The fourth-order valence-corrected chi connectivity index (χ4v) is 3.68. The van der Waals surface area contributed by atoms with E-state index in [-0.39, 0.29) is 25.6 Å². The second-order valence-electron chi connectivity index (χ2n) is 7.11. The number of hydrogen-bond donors (Lipinski definition) is 2. The van der Waals surface area contributed by atoms with E-state index in [1.54, 1.807) is 23.0 Å². The highest BCUT2D eigenvalue weighted by Crippen LogP contribution is 2.33. The second kappa shape index (κ2) is 7.70. The van der Waals surface area contributed by atoms with Crippen molar-refractivity contribution >= 4 is 23.4 Å². The molecule has 2 aromatic rings. The first kappa shape index (κ1) is 19.2. The van der Waals surface area contributed by atoms with Gasteiger partial charge in [-0.05, 0) is 18.2 Å². The minimum atomic E-state index is -0.565. The van der Waals surface area contributed by atoms with Crippen LogP contribution in [-0.4, -0.2) is 52.7 Å². The lowest BCUT2D eigenvalue weighted by molar-refractivity contribution is -0.119. The van der Waals surface area contributed by atoms with Crippen molar-refractivity contribution in [1.82, 2.24) is 15.1 Å². The third-order valence-electron chi connectivity index (χ3n) is 5.09. The number of carbonyl (C=O) groups excluding carboxylic acids is 2. The molecule has 1 unspecified atom stereocenters. The Kier molecular flexibility index (Phi) is 5.10. The third kappa shape index (κ3) is 3.75. The number of aromatic nitrogens is 2. The van der Waals surface area contributed by atoms with E-state index in [2.05, 4.69) is 10.4 Å². The van der Waals surface area contributed by atoms with Crippen LogP contribution in [0.4, 0.5) is 20.6 Å². The van der Waals surface area contributed by atoms with Crippen LogP contribution in [0.3, 0.4) is 0 Å². The van der Waals surface area contributed by atoms with Crippen molar-refractivity contribution in [2.45, 2.75) is 32.7 Å². The number of hydrogen-bond acceptors (Lipinski definition) is 6. The lowest BCUT2D eigenvalue weighted by Crippen LogP contribution is -2.33. The zero-order valence-corrected chi connectivity index (χ0v) is 16.0. The highest BCUT2D eigenvalue weighted by atomic mass is 19.1. The summed E-state index contributed by atoms with van der Waals surface area (Å²) in [6.07, 6.45) is 0.703. The molecule has 29 heavy (non-hydrogen) atoms. The Labute approximate surface area is 166 Å². The van der Waals surface area contributed by atoms with Crippen LogP contribution in [0.5, 0.6) is 0 Å². The van der Waals surface area contributed by atoms with Gasteiger partial charge in [0.1, 0.15) is 11.9 Å². The average molecular weight is 403 g/mol. The maximum absolute atomic E-state index is 14.9. The number of cyclic esters (lactones) is 1. The number of ether oxygens (including phenoxy) is 1. The standard InChI is InChI=1S/C19H22FN5O4/c1-12(27)21-8-15-10-24(19(28)29-15)14-2-3-17(16(20)6-14)23-9-13-7-22-25(4-5-26)18(13)11-23/h2-3,6-7,15,26H,4-5,8-11H2,1H3,(H,21,27). The molecule has 1 fully saturated rings. The SMILES string of the molecule is CC(=O)NCC1CN(c2ccc(N3Cc4cnn(CCO)c4C3)c(F)c2)C(=O)O1. The molecule has 0 radical (unpaired) electrons. The van der Waals surface area contributed by atoms with Crippen LogP contribution in [0, 0.1) is 5.82 Å². The summed E-state index contributed by atoms with van der Waals surface area (Å²) in [5.41, 5.74) is 2.81. The van der Waals surface area contributed by atoms with Gasteiger partial charge in [-0.2, -0.15) is 5.10 Å². The van der Waals surface area contributed by atoms with Crippen LogP contribution in [0.25, 0.3) is 0 Å². The number of carbonyl (C=O) groups is 2. The summed E-state index contributed by atoms with van der Waals surface area (Å²) in [4.78, 5) is 26.4. The van der Waals surface area contributed by atoms with Crippen LogP contribution in [0.1, 0.15) is 18.2 Å². The monoisotopic (exact) mass is 403 g/mol. The molecule has 3 heterocycles. The van der Waals surface area contributed by atoms with Gasteiger partial charge in [-0.3, -0.25) is 14.4 Å². The number of fused-ring (bicyclic) bond motifs is 1. The van der Waals surface area contributed by atoms with Crippen LogP contribution in [-0.2, 0) is 29.2 Å². The van der Waals surface area contributed by atoms with Crippen molar-refractivity contribution in [3.63, 3.8) is 0 Å². The van der Waals surface area contributed by atoms with E-state index < -0.39 is 18.0 Å². The Balaban J connectivity index is 1.46. The largest absolute Gasteiger partial charge is 0.442 e. The molecule has 0 aliphatic carbocycles. The van der Waals surface area contributed by atoms with Crippen molar-refractivity contribution in [2.75, 3.05) is 29.5 Å². The molecule has 2 aliphatic rings.